The number of phenolic OH excluding ortho intramolecular Hbond substituents is 1. The van der Waals surface area contributed by atoms with E-state index in [9.17, 15) is 5.11 Å². The van der Waals surface area contributed by atoms with Crippen molar-refractivity contribution < 1.29 is 30.9 Å². The Bertz CT molecular complexity index is 2280. The monoisotopic (exact) mass is 813 g/mol. The Morgan fingerprint density at radius 2 is 1.48 bits per heavy atom. The standard InChI is InChI=1S/C42H40N3O2.Pt/c1-25(2)31-23-39(44-41-29(31)17-13-19-37(41)46)47-28-20-33(27-14-9-8-10-15-27)40-30-16-11-12-18-35(30)45(36(40)21-28)38-22-32(26(3)4)34(24-43-38)42(5,6)7;/h8-20,22-26,46H,1-7H3;/q-1;. The van der Waals surface area contributed by atoms with Gasteiger partial charge in [0.05, 0.1) is 0 Å². The second-order valence-electron chi connectivity index (χ2n) is 14.0. The van der Waals surface area contributed by atoms with Gasteiger partial charge in [-0.25, -0.2) is 9.97 Å². The molecule has 0 aliphatic carbocycles. The molecule has 0 bridgehead atoms. The third kappa shape index (κ3) is 5.90. The Balaban J connectivity index is 0.00000401. The molecule has 0 saturated carbocycles. The molecule has 246 valence electrons. The quantitative estimate of drug-likeness (QED) is 0.170. The van der Waals surface area contributed by atoms with Crippen molar-refractivity contribution in [2.24, 2.45) is 0 Å². The SMILES string of the molecule is CC(C)c1cc(-n2c3[c-]c(Oc4cc(C(C)C)c5cccc(O)c5n4)cc(-c4ccccc4)c3c3ccccc32)ncc1C(C)(C)C.[Pt]. The number of pyridine rings is 2. The Kier molecular flexibility index (Phi) is 8.95. The van der Waals surface area contributed by atoms with E-state index in [2.05, 4.69) is 120 Å². The van der Waals surface area contributed by atoms with Gasteiger partial charge < -0.3 is 14.4 Å². The number of hydrogen-bond donors (Lipinski definition) is 1. The first-order valence-corrected chi connectivity index (χ1v) is 16.4. The van der Waals surface area contributed by atoms with Crippen LogP contribution in [-0.4, -0.2) is 19.6 Å². The minimum atomic E-state index is -0.0320. The Morgan fingerprint density at radius 3 is 2.19 bits per heavy atom. The molecule has 7 aromatic rings. The smallest absolute Gasteiger partial charge is 0.217 e. The molecule has 0 unspecified atom stereocenters. The van der Waals surface area contributed by atoms with Gasteiger partial charge in [-0.2, -0.15) is 0 Å². The maximum Gasteiger partial charge on any atom is 0.217 e. The van der Waals surface area contributed by atoms with Gasteiger partial charge >= 0.3 is 0 Å². The molecule has 0 aliphatic rings. The van der Waals surface area contributed by atoms with Crippen LogP contribution in [0.1, 0.15) is 77.0 Å². The van der Waals surface area contributed by atoms with Gasteiger partial charge in [-0.3, -0.25) is 0 Å². The number of para-hydroxylation sites is 2. The second-order valence-corrected chi connectivity index (χ2v) is 14.0. The average molecular weight is 814 g/mol. The molecule has 3 heterocycles. The van der Waals surface area contributed by atoms with E-state index in [1.165, 1.54) is 11.1 Å². The molecule has 0 saturated heterocycles. The van der Waals surface area contributed by atoms with E-state index in [0.717, 1.165) is 49.7 Å². The number of rotatable bonds is 6. The molecule has 48 heavy (non-hydrogen) atoms. The van der Waals surface area contributed by atoms with Gasteiger partial charge in [0, 0.05) is 50.0 Å². The van der Waals surface area contributed by atoms with Crippen LogP contribution in [0.2, 0.25) is 0 Å². The topological polar surface area (TPSA) is 60.2 Å². The summed E-state index contributed by atoms with van der Waals surface area (Å²) in [4.78, 5) is 9.86. The number of phenols is 1. The number of ether oxygens (including phenoxy) is 1. The van der Waals surface area contributed by atoms with Gasteiger partial charge in [-0.15, -0.1) is 17.7 Å². The van der Waals surface area contributed by atoms with Gasteiger partial charge in [0.25, 0.3) is 0 Å². The largest absolute Gasteiger partial charge is 0.506 e. The van der Waals surface area contributed by atoms with Gasteiger partial charge in [0.1, 0.15) is 17.1 Å². The van der Waals surface area contributed by atoms with Crippen molar-refractivity contribution in [3.05, 3.63) is 120 Å². The Hall–Kier alpha value is -4.47. The molecule has 4 aromatic carbocycles. The number of aromatic hydroxyl groups is 1. The fourth-order valence-corrected chi connectivity index (χ4v) is 6.69. The van der Waals surface area contributed by atoms with Crippen LogP contribution >= 0.6 is 0 Å². The van der Waals surface area contributed by atoms with E-state index in [1.807, 2.05) is 30.5 Å². The first-order valence-electron chi connectivity index (χ1n) is 16.4. The van der Waals surface area contributed by atoms with Gasteiger partial charge in [0.2, 0.25) is 5.88 Å². The summed E-state index contributed by atoms with van der Waals surface area (Å²) in [5.41, 5.74) is 8.12. The van der Waals surface area contributed by atoms with E-state index < -0.39 is 0 Å². The van der Waals surface area contributed by atoms with Crippen LogP contribution in [0.3, 0.4) is 0 Å². The van der Waals surface area contributed by atoms with E-state index in [4.69, 9.17) is 14.7 Å². The van der Waals surface area contributed by atoms with Crippen molar-refractivity contribution in [1.29, 1.82) is 0 Å². The number of benzene rings is 4. The van der Waals surface area contributed by atoms with Crippen LogP contribution in [0, 0.1) is 6.07 Å². The van der Waals surface area contributed by atoms with Crippen LogP contribution in [0.4, 0.5) is 0 Å². The average Bonchev–Trinajstić information content (AvgIpc) is 3.38. The van der Waals surface area contributed by atoms with Crippen LogP contribution < -0.4 is 4.74 Å². The molecule has 1 N–H and O–H groups in total. The van der Waals surface area contributed by atoms with E-state index in [-0.39, 0.29) is 38.1 Å². The van der Waals surface area contributed by atoms with Gasteiger partial charge in [-0.05, 0) is 63.1 Å². The molecule has 7 rings (SSSR count). The summed E-state index contributed by atoms with van der Waals surface area (Å²) < 4.78 is 8.81. The summed E-state index contributed by atoms with van der Waals surface area (Å²) in [6.45, 7) is 15.5. The first-order chi connectivity index (χ1) is 22.5. The number of aromatic nitrogens is 3. The van der Waals surface area contributed by atoms with Crippen LogP contribution in [0.15, 0.2) is 97.2 Å². The second kappa shape index (κ2) is 12.9. The molecule has 0 radical (unpaired) electrons. The molecule has 3 aromatic heterocycles. The number of hydrogen-bond acceptors (Lipinski definition) is 4. The van der Waals surface area contributed by atoms with Crippen molar-refractivity contribution in [2.75, 3.05) is 0 Å². The zero-order valence-corrected chi connectivity index (χ0v) is 30.7. The fraction of sp³-hybridized carbons (Fsp3) is 0.238. The van der Waals surface area contributed by atoms with E-state index >= 15 is 0 Å². The summed E-state index contributed by atoms with van der Waals surface area (Å²) in [5, 5.41) is 13.9. The van der Waals surface area contributed by atoms with Crippen molar-refractivity contribution in [3.63, 3.8) is 0 Å². The summed E-state index contributed by atoms with van der Waals surface area (Å²) in [5.74, 6) is 2.45. The fourth-order valence-electron chi connectivity index (χ4n) is 6.69. The summed E-state index contributed by atoms with van der Waals surface area (Å²) in [6, 6.07) is 34.3. The molecule has 0 atom stereocenters. The number of fused-ring (bicyclic) bond motifs is 4. The predicted octanol–water partition coefficient (Wildman–Crippen LogP) is 11.2. The third-order valence-electron chi connectivity index (χ3n) is 8.99. The maximum absolute atomic E-state index is 10.7. The predicted molar refractivity (Wildman–Crippen MR) is 193 cm³/mol. The van der Waals surface area contributed by atoms with E-state index in [1.54, 1.807) is 6.07 Å². The zero-order chi connectivity index (χ0) is 33.0. The molecule has 0 fully saturated rings. The molecular formula is C42H40N3O2Pt-. The van der Waals surface area contributed by atoms with E-state index in [0.29, 0.717) is 23.1 Å². The molecule has 0 amide bonds. The minimum Gasteiger partial charge on any atom is -0.506 e. The Labute approximate surface area is 296 Å². The third-order valence-corrected chi connectivity index (χ3v) is 8.99. The van der Waals surface area contributed by atoms with Crippen molar-refractivity contribution >= 4 is 32.7 Å². The van der Waals surface area contributed by atoms with Crippen LogP contribution in [-0.2, 0) is 26.5 Å². The van der Waals surface area contributed by atoms with Gasteiger partial charge in [-0.1, -0.05) is 120 Å². The first kappa shape index (κ1) is 33.4. The number of nitrogens with zero attached hydrogens (tertiary/aromatic N) is 3. The minimum absolute atomic E-state index is 0. The van der Waals surface area contributed by atoms with Crippen LogP contribution in [0.25, 0.3) is 49.7 Å². The molecule has 0 spiro atoms. The van der Waals surface area contributed by atoms with Crippen molar-refractivity contribution in [1.82, 2.24) is 14.5 Å². The molecular weight excluding hydrogens is 774 g/mol. The van der Waals surface area contributed by atoms with Crippen LogP contribution in [0.5, 0.6) is 17.4 Å². The van der Waals surface area contributed by atoms with Crippen molar-refractivity contribution in [3.8, 4) is 34.3 Å². The molecule has 0 aliphatic heterocycles. The van der Waals surface area contributed by atoms with Gasteiger partial charge in [0.15, 0.2) is 0 Å². The zero-order valence-electron chi connectivity index (χ0n) is 28.4. The summed E-state index contributed by atoms with van der Waals surface area (Å²) in [6.07, 6.45) is 2.04. The maximum atomic E-state index is 10.7. The van der Waals surface area contributed by atoms with Crippen molar-refractivity contribution in [2.45, 2.75) is 65.7 Å². The summed E-state index contributed by atoms with van der Waals surface area (Å²) in [7, 11) is 0. The molecule has 6 heteroatoms. The normalized spacial score (nSPS) is 11.9. The molecule has 5 nitrogen and oxygen atoms in total. The Morgan fingerprint density at radius 1 is 0.792 bits per heavy atom. The summed E-state index contributed by atoms with van der Waals surface area (Å²) >= 11 is 0.